The molecule has 30 heavy (non-hydrogen) atoms. The van der Waals surface area contributed by atoms with Crippen LogP contribution in [0.5, 0.6) is 0 Å². The number of alkyl halides is 2. The first-order valence-electron chi connectivity index (χ1n) is 10.4. The minimum atomic E-state index is -2.91. The molecular formula is C21H24F2N6O. The predicted molar refractivity (Wildman–Crippen MR) is 110 cm³/mol. The van der Waals surface area contributed by atoms with Crippen LogP contribution < -0.4 is 10.2 Å². The third-order valence-electron chi connectivity index (χ3n) is 6.16. The van der Waals surface area contributed by atoms with Gasteiger partial charge in [0, 0.05) is 50.2 Å². The lowest BCUT2D eigenvalue weighted by Crippen LogP contribution is -2.59. The van der Waals surface area contributed by atoms with Crippen LogP contribution in [0.4, 0.5) is 14.5 Å². The van der Waals surface area contributed by atoms with Crippen molar-refractivity contribution in [2.45, 2.75) is 43.8 Å². The first kappa shape index (κ1) is 19.3. The lowest BCUT2D eigenvalue weighted by molar-refractivity contribution is -0.128. The van der Waals surface area contributed by atoms with Crippen molar-refractivity contribution in [3.63, 3.8) is 0 Å². The van der Waals surface area contributed by atoms with Gasteiger partial charge in [-0.15, -0.1) is 0 Å². The van der Waals surface area contributed by atoms with E-state index >= 15 is 0 Å². The number of benzene rings is 1. The van der Waals surface area contributed by atoms with Gasteiger partial charge in [-0.1, -0.05) is 6.07 Å². The van der Waals surface area contributed by atoms with E-state index in [4.69, 9.17) is 0 Å². The molecule has 4 heterocycles. The first-order chi connectivity index (χ1) is 14.4. The van der Waals surface area contributed by atoms with Crippen LogP contribution in [0, 0.1) is 0 Å². The number of carbonyl (C=O) groups excluding carboxylic acids is 1. The summed E-state index contributed by atoms with van der Waals surface area (Å²) in [5.41, 5.74) is 2.80. The van der Waals surface area contributed by atoms with Gasteiger partial charge in [0.25, 0.3) is 5.92 Å². The van der Waals surface area contributed by atoms with E-state index in [0.717, 1.165) is 25.1 Å². The summed E-state index contributed by atoms with van der Waals surface area (Å²) >= 11 is 0. The van der Waals surface area contributed by atoms with Gasteiger partial charge in [-0.05, 0) is 19.4 Å². The fraction of sp³-hybridized carbons (Fsp3) is 0.524. The number of carbonyl (C=O) groups is 1. The number of nitrogens with zero attached hydrogens (tertiary/aromatic N) is 5. The van der Waals surface area contributed by atoms with Crippen molar-refractivity contribution in [1.29, 1.82) is 0 Å². The zero-order chi connectivity index (χ0) is 20.9. The summed E-state index contributed by atoms with van der Waals surface area (Å²) in [7, 11) is 0. The van der Waals surface area contributed by atoms with E-state index in [-0.39, 0.29) is 24.4 Å². The Labute approximate surface area is 173 Å². The summed E-state index contributed by atoms with van der Waals surface area (Å²) in [5, 5.41) is 2.85. The number of halogens is 2. The highest BCUT2D eigenvalue weighted by Gasteiger charge is 2.42. The Morgan fingerprint density at radius 2 is 1.97 bits per heavy atom. The minimum absolute atomic E-state index is 0.00363. The number of likely N-dealkylation sites (tertiary alicyclic amines) is 1. The Morgan fingerprint density at radius 1 is 1.23 bits per heavy atom. The van der Waals surface area contributed by atoms with Crippen molar-refractivity contribution in [2.24, 2.45) is 4.99 Å². The van der Waals surface area contributed by atoms with Crippen LogP contribution in [0.1, 0.15) is 31.4 Å². The zero-order valence-corrected chi connectivity index (χ0v) is 16.8. The second kappa shape index (κ2) is 7.23. The van der Waals surface area contributed by atoms with E-state index in [1.165, 1.54) is 0 Å². The quantitative estimate of drug-likeness (QED) is 0.812. The summed E-state index contributed by atoms with van der Waals surface area (Å²) in [6.07, 6.45) is 5.70. The molecule has 0 bridgehead atoms. The number of hydrogen-bond donors (Lipinski definition) is 1. The van der Waals surface area contributed by atoms with Gasteiger partial charge in [0.15, 0.2) is 0 Å². The van der Waals surface area contributed by atoms with E-state index < -0.39 is 18.5 Å². The summed E-state index contributed by atoms with van der Waals surface area (Å²) in [6.45, 7) is 3.48. The summed E-state index contributed by atoms with van der Waals surface area (Å²) in [5.74, 6) is -3.11. The van der Waals surface area contributed by atoms with Gasteiger partial charge in [-0.3, -0.25) is 24.7 Å². The molecule has 1 N–H and O–H groups in total. The lowest BCUT2D eigenvalue weighted by atomic mass is 9.99. The Hall–Kier alpha value is -2.68. The van der Waals surface area contributed by atoms with Crippen LogP contribution in [0.25, 0.3) is 11.0 Å². The Morgan fingerprint density at radius 3 is 2.63 bits per heavy atom. The van der Waals surface area contributed by atoms with Gasteiger partial charge in [-0.2, -0.15) is 0 Å². The number of rotatable bonds is 5. The molecule has 0 saturated carbocycles. The molecule has 1 amide bonds. The third-order valence-corrected chi connectivity index (χ3v) is 6.16. The molecule has 0 spiro atoms. The normalized spacial score (nSPS) is 26.3. The Balaban J connectivity index is 1.40. The average molecular weight is 414 g/mol. The highest BCUT2D eigenvalue weighted by Crippen LogP contribution is 2.37. The molecular weight excluding hydrogens is 390 g/mol. The van der Waals surface area contributed by atoms with Crippen molar-refractivity contribution in [2.75, 3.05) is 31.1 Å². The number of nitrogens with one attached hydrogen (secondary N) is 1. The molecule has 9 heteroatoms. The van der Waals surface area contributed by atoms with Gasteiger partial charge in [0.1, 0.15) is 11.6 Å². The smallest absolute Gasteiger partial charge is 0.267 e. The summed E-state index contributed by atoms with van der Waals surface area (Å²) < 4.78 is 29.3. The largest absolute Gasteiger partial charge is 0.362 e. The van der Waals surface area contributed by atoms with E-state index in [0.29, 0.717) is 23.3 Å². The molecule has 1 aromatic heterocycles. The molecule has 0 radical (unpaired) electrons. The number of piperidine rings is 1. The average Bonchev–Trinajstić information content (AvgIpc) is 3.49. The molecule has 2 aromatic rings. The second-order valence-corrected chi connectivity index (χ2v) is 8.38. The van der Waals surface area contributed by atoms with E-state index in [1.807, 2.05) is 25.3 Å². The maximum Gasteiger partial charge on any atom is 0.267 e. The molecule has 3 aliphatic heterocycles. The maximum atomic E-state index is 14.6. The van der Waals surface area contributed by atoms with Gasteiger partial charge < -0.3 is 10.2 Å². The Kier molecular flexibility index (Phi) is 4.65. The summed E-state index contributed by atoms with van der Waals surface area (Å²) in [6, 6.07) is 2.76. The lowest BCUT2D eigenvalue weighted by Gasteiger charge is -2.41. The second-order valence-electron chi connectivity index (χ2n) is 8.38. The number of aliphatic imine (C=N–C) groups is 1. The standard InChI is InChI=1S/C21H24F2N6O/c1-13(28-7-2-8-28)20(30)27-14-9-21(22,23)12-29(11-14)17-4-3-15(16-10-26-16)18-19(17)25-6-5-24-18/h3-6,10,13-14,16H,2,7-9,11-12H2,1H3,(H,27,30). The van der Waals surface area contributed by atoms with E-state index in [9.17, 15) is 13.6 Å². The van der Waals surface area contributed by atoms with Crippen molar-refractivity contribution < 1.29 is 13.6 Å². The Bertz CT molecular complexity index is 1000. The van der Waals surface area contributed by atoms with Crippen LogP contribution in [0.15, 0.2) is 29.5 Å². The van der Waals surface area contributed by atoms with Crippen LogP contribution >= 0.6 is 0 Å². The van der Waals surface area contributed by atoms with E-state index in [2.05, 4.69) is 25.2 Å². The molecule has 1 aromatic carbocycles. The zero-order valence-electron chi connectivity index (χ0n) is 16.8. The third kappa shape index (κ3) is 3.62. The monoisotopic (exact) mass is 414 g/mol. The molecule has 0 aliphatic carbocycles. The summed E-state index contributed by atoms with van der Waals surface area (Å²) in [4.78, 5) is 29.3. The van der Waals surface area contributed by atoms with Gasteiger partial charge >= 0.3 is 0 Å². The van der Waals surface area contributed by atoms with Crippen LogP contribution in [0.3, 0.4) is 0 Å². The van der Waals surface area contributed by atoms with Crippen molar-refractivity contribution in [3.8, 4) is 0 Å². The molecule has 3 unspecified atom stereocenters. The fourth-order valence-corrected chi connectivity index (χ4v) is 4.36. The van der Waals surface area contributed by atoms with Crippen molar-refractivity contribution in [1.82, 2.24) is 20.2 Å². The maximum absolute atomic E-state index is 14.6. The van der Waals surface area contributed by atoms with Crippen LogP contribution in [0.2, 0.25) is 0 Å². The van der Waals surface area contributed by atoms with Gasteiger partial charge in [0.2, 0.25) is 5.91 Å². The molecule has 158 valence electrons. The number of fused-ring (bicyclic) bond motifs is 1. The molecule has 7 nitrogen and oxygen atoms in total. The van der Waals surface area contributed by atoms with E-state index in [1.54, 1.807) is 17.3 Å². The SMILES string of the molecule is CC(C(=O)NC1CN(c2ccc(C3C=N3)c3nccnc23)CC(F)(F)C1)N1CCC1. The first-order valence-corrected chi connectivity index (χ1v) is 10.4. The molecule has 2 fully saturated rings. The highest BCUT2D eigenvalue weighted by atomic mass is 19.3. The predicted octanol–water partition coefficient (Wildman–Crippen LogP) is 2.18. The molecule has 5 rings (SSSR count). The van der Waals surface area contributed by atoms with Gasteiger partial charge in [-0.25, -0.2) is 8.78 Å². The number of aromatic nitrogens is 2. The molecule has 3 atom stereocenters. The van der Waals surface area contributed by atoms with Gasteiger partial charge in [0.05, 0.1) is 29.8 Å². The van der Waals surface area contributed by atoms with Crippen LogP contribution in [-0.2, 0) is 4.79 Å². The fourth-order valence-electron chi connectivity index (χ4n) is 4.36. The highest BCUT2D eigenvalue weighted by molar-refractivity contribution is 5.95. The minimum Gasteiger partial charge on any atom is -0.362 e. The van der Waals surface area contributed by atoms with Crippen molar-refractivity contribution in [3.05, 3.63) is 30.1 Å². The van der Waals surface area contributed by atoms with Crippen LogP contribution in [-0.4, -0.2) is 71.2 Å². The number of hydrogen-bond acceptors (Lipinski definition) is 6. The molecule has 2 saturated heterocycles. The van der Waals surface area contributed by atoms with Crippen molar-refractivity contribution >= 4 is 28.8 Å². The number of anilines is 1. The number of amides is 1. The topological polar surface area (TPSA) is 73.7 Å². The molecule has 3 aliphatic rings.